The number of hydrogen-bond acceptors (Lipinski definition) is 4. The summed E-state index contributed by atoms with van der Waals surface area (Å²) in [4.78, 5) is 10.2. The van der Waals surface area contributed by atoms with E-state index in [0.29, 0.717) is 5.75 Å². The fourth-order valence-corrected chi connectivity index (χ4v) is 1.69. The van der Waals surface area contributed by atoms with Gasteiger partial charge in [-0.2, -0.15) is 0 Å². The average molecular weight is 276 g/mol. The van der Waals surface area contributed by atoms with Crippen molar-refractivity contribution in [3.8, 4) is 11.5 Å². The predicted octanol–water partition coefficient (Wildman–Crippen LogP) is 3.55. The fourth-order valence-electron chi connectivity index (χ4n) is 1.69. The summed E-state index contributed by atoms with van der Waals surface area (Å²) >= 11 is 0. The quantitative estimate of drug-likeness (QED) is 0.684. The van der Waals surface area contributed by atoms with Crippen LogP contribution in [0.15, 0.2) is 42.5 Å². The maximum atomic E-state index is 13.2. The molecule has 0 aliphatic rings. The third-order valence-electron chi connectivity index (χ3n) is 2.75. The Bertz CT molecular complexity index is 627. The van der Waals surface area contributed by atoms with Gasteiger partial charge >= 0.3 is 5.69 Å². The molecule has 0 saturated heterocycles. The van der Waals surface area contributed by atoms with Crippen molar-refractivity contribution in [1.82, 2.24) is 0 Å². The van der Waals surface area contributed by atoms with Gasteiger partial charge in [-0.15, -0.1) is 0 Å². The van der Waals surface area contributed by atoms with Gasteiger partial charge in [-0.25, -0.2) is 4.39 Å². The molecule has 0 spiro atoms. The molecule has 0 aliphatic carbocycles. The zero-order chi connectivity index (χ0) is 14.7. The molecule has 0 fully saturated rings. The largest absolute Gasteiger partial charge is 0.450 e. The second kappa shape index (κ2) is 5.66. The Morgan fingerprint density at radius 2 is 1.90 bits per heavy atom. The summed E-state index contributed by atoms with van der Waals surface area (Å²) in [7, 11) is 0. The first kappa shape index (κ1) is 14.0. The van der Waals surface area contributed by atoms with Crippen molar-refractivity contribution in [3.05, 3.63) is 64.0 Å². The van der Waals surface area contributed by atoms with Gasteiger partial charge in [-0.1, -0.05) is 12.1 Å². The van der Waals surface area contributed by atoms with Gasteiger partial charge in [0.05, 0.1) is 4.92 Å². The summed E-state index contributed by atoms with van der Waals surface area (Å²) in [6.07, 6.45) is 0. The van der Waals surface area contributed by atoms with Gasteiger partial charge in [0.15, 0.2) is 0 Å². The molecule has 2 aromatic rings. The van der Waals surface area contributed by atoms with Crippen molar-refractivity contribution in [1.29, 1.82) is 0 Å². The van der Waals surface area contributed by atoms with Crippen molar-refractivity contribution >= 4 is 5.69 Å². The molecule has 5 nitrogen and oxygen atoms in total. The molecule has 20 heavy (non-hydrogen) atoms. The number of nitrogens with two attached hydrogens (primary N) is 1. The van der Waals surface area contributed by atoms with Crippen LogP contribution in [-0.4, -0.2) is 4.92 Å². The Hall–Kier alpha value is -2.47. The van der Waals surface area contributed by atoms with Gasteiger partial charge in [-0.3, -0.25) is 10.1 Å². The average Bonchev–Trinajstić information content (AvgIpc) is 2.39. The predicted molar refractivity (Wildman–Crippen MR) is 72.2 cm³/mol. The number of halogens is 1. The highest BCUT2D eigenvalue weighted by atomic mass is 19.1. The maximum absolute atomic E-state index is 13.2. The Labute approximate surface area is 114 Å². The normalized spacial score (nSPS) is 11.9. The Morgan fingerprint density at radius 1 is 1.25 bits per heavy atom. The molecule has 1 atom stereocenters. The minimum atomic E-state index is -0.620. The van der Waals surface area contributed by atoms with Gasteiger partial charge in [0.1, 0.15) is 11.6 Å². The van der Waals surface area contributed by atoms with Crippen molar-refractivity contribution in [2.75, 3.05) is 0 Å². The van der Waals surface area contributed by atoms with E-state index in [2.05, 4.69) is 0 Å². The molecule has 0 aromatic heterocycles. The smallest absolute Gasteiger partial charge is 0.311 e. The molecule has 6 heteroatoms. The number of benzene rings is 2. The van der Waals surface area contributed by atoms with Crippen LogP contribution >= 0.6 is 0 Å². The highest BCUT2D eigenvalue weighted by Gasteiger charge is 2.16. The molecule has 0 bridgehead atoms. The van der Waals surface area contributed by atoms with Gasteiger partial charge in [0, 0.05) is 18.2 Å². The first-order valence-corrected chi connectivity index (χ1v) is 5.94. The van der Waals surface area contributed by atoms with Gasteiger partial charge in [0.2, 0.25) is 5.75 Å². The number of rotatable bonds is 4. The van der Waals surface area contributed by atoms with E-state index in [1.165, 1.54) is 0 Å². The van der Waals surface area contributed by atoms with Crippen LogP contribution in [0.4, 0.5) is 10.1 Å². The molecule has 0 saturated carbocycles. The molecule has 2 aromatic carbocycles. The lowest BCUT2D eigenvalue weighted by molar-refractivity contribution is -0.385. The molecule has 0 radical (unpaired) electrons. The van der Waals surface area contributed by atoms with E-state index in [-0.39, 0.29) is 17.5 Å². The lowest BCUT2D eigenvalue weighted by Crippen LogP contribution is -2.04. The van der Waals surface area contributed by atoms with Crippen molar-refractivity contribution in [2.24, 2.45) is 5.73 Å². The van der Waals surface area contributed by atoms with Gasteiger partial charge in [-0.05, 0) is 30.7 Å². The highest BCUT2D eigenvalue weighted by Crippen LogP contribution is 2.32. The van der Waals surface area contributed by atoms with Crippen molar-refractivity contribution in [2.45, 2.75) is 13.0 Å². The lowest BCUT2D eigenvalue weighted by Gasteiger charge is -2.09. The molecule has 104 valence electrons. The maximum Gasteiger partial charge on any atom is 0.311 e. The standard InChI is InChI=1S/C14H13FN2O3/c1-9(16)10-2-5-12(6-3-10)20-14-8-11(15)4-7-13(14)17(18)19/h2-9H,16H2,1H3/t9-/m0/s1. The third-order valence-corrected chi connectivity index (χ3v) is 2.75. The van der Waals surface area contributed by atoms with E-state index in [1.54, 1.807) is 24.3 Å². The lowest BCUT2D eigenvalue weighted by atomic mass is 10.1. The van der Waals surface area contributed by atoms with Crippen LogP contribution in [0.5, 0.6) is 11.5 Å². The zero-order valence-corrected chi connectivity index (χ0v) is 10.7. The monoisotopic (exact) mass is 276 g/mol. The van der Waals surface area contributed by atoms with E-state index in [0.717, 1.165) is 23.8 Å². The zero-order valence-electron chi connectivity index (χ0n) is 10.7. The Balaban J connectivity index is 2.29. The van der Waals surface area contributed by atoms with Crippen molar-refractivity contribution < 1.29 is 14.1 Å². The first-order chi connectivity index (χ1) is 9.47. The molecule has 0 unspecified atom stereocenters. The summed E-state index contributed by atoms with van der Waals surface area (Å²) < 4.78 is 18.5. The summed E-state index contributed by atoms with van der Waals surface area (Å²) in [6, 6.07) is 9.73. The second-order valence-electron chi connectivity index (χ2n) is 4.33. The van der Waals surface area contributed by atoms with Crippen LogP contribution in [0.1, 0.15) is 18.5 Å². The van der Waals surface area contributed by atoms with Gasteiger partial charge < -0.3 is 10.5 Å². The van der Waals surface area contributed by atoms with Gasteiger partial charge in [0.25, 0.3) is 0 Å². The third kappa shape index (κ3) is 3.10. The van der Waals surface area contributed by atoms with Crippen LogP contribution in [0, 0.1) is 15.9 Å². The summed E-state index contributed by atoms with van der Waals surface area (Å²) in [6.45, 7) is 1.84. The van der Waals surface area contributed by atoms with E-state index in [9.17, 15) is 14.5 Å². The van der Waals surface area contributed by atoms with E-state index < -0.39 is 10.7 Å². The van der Waals surface area contributed by atoms with Crippen LogP contribution < -0.4 is 10.5 Å². The number of nitro groups is 1. The number of hydrogen-bond donors (Lipinski definition) is 1. The van der Waals surface area contributed by atoms with Crippen LogP contribution in [0.2, 0.25) is 0 Å². The molecular formula is C14H13FN2O3. The molecule has 0 amide bonds. The summed E-state index contributed by atoms with van der Waals surface area (Å²) in [5.74, 6) is -0.357. The Kier molecular flexibility index (Phi) is 3.95. The Morgan fingerprint density at radius 3 is 2.45 bits per heavy atom. The molecular weight excluding hydrogens is 263 g/mol. The number of ether oxygens (including phenoxy) is 1. The summed E-state index contributed by atoms with van der Waals surface area (Å²) in [5.41, 5.74) is 6.34. The molecule has 0 heterocycles. The second-order valence-corrected chi connectivity index (χ2v) is 4.33. The highest BCUT2D eigenvalue weighted by molar-refractivity contribution is 5.48. The van der Waals surface area contributed by atoms with E-state index in [1.807, 2.05) is 6.92 Å². The van der Waals surface area contributed by atoms with E-state index in [4.69, 9.17) is 10.5 Å². The van der Waals surface area contributed by atoms with Crippen molar-refractivity contribution in [3.63, 3.8) is 0 Å². The van der Waals surface area contributed by atoms with Crippen LogP contribution in [0.25, 0.3) is 0 Å². The molecule has 2 N–H and O–H groups in total. The molecule has 0 aliphatic heterocycles. The number of nitrogens with zero attached hydrogens (tertiary/aromatic N) is 1. The topological polar surface area (TPSA) is 78.4 Å². The minimum Gasteiger partial charge on any atom is -0.450 e. The molecule has 2 rings (SSSR count). The minimum absolute atomic E-state index is 0.118. The van der Waals surface area contributed by atoms with Crippen LogP contribution in [0.3, 0.4) is 0 Å². The summed E-state index contributed by atoms with van der Waals surface area (Å²) in [5, 5.41) is 10.9. The van der Waals surface area contributed by atoms with E-state index >= 15 is 0 Å². The van der Waals surface area contributed by atoms with Crippen LogP contribution in [-0.2, 0) is 0 Å². The fraction of sp³-hybridized carbons (Fsp3) is 0.143. The first-order valence-electron chi connectivity index (χ1n) is 5.94. The number of nitro benzene ring substituents is 1. The SMILES string of the molecule is C[C@H](N)c1ccc(Oc2cc(F)ccc2[N+](=O)[O-])cc1.